The van der Waals surface area contributed by atoms with Crippen molar-refractivity contribution < 1.29 is 9.72 Å². The molecule has 1 aromatic heterocycles. The summed E-state index contributed by atoms with van der Waals surface area (Å²) in [5, 5.41) is 13.7. The molecule has 0 saturated heterocycles. The second-order valence-electron chi connectivity index (χ2n) is 4.97. The number of nitrogens with one attached hydrogen (secondary N) is 1. The number of hydrogen-bond acceptors (Lipinski definition) is 3. The van der Waals surface area contributed by atoms with Crippen molar-refractivity contribution in [3.8, 4) is 12.3 Å². The van der Waals surface area contributed by atoms with Crippen molar-refractivity contribution >= 4 is 11.6 Å². The summed E-state index contributed by atoms with van der Waals surface area (Å²) in [7, 11) is 0. The molecule has 1 N–H and O–H groups in total. The molecule has 1 amide bonds. The molecule has 2 rings (SSSR count). The average Bonchev–Trinajstić information content (AvgIpc) is 3.16. The molecule has 0 spiro atoms. The number of nitro groups is 1. The van der Waals surface area contributed by atoms with Crippen molar-refractivity contribution in [2.45, 2.75) is 44.7 Å². The first-order chi connectivity index (χ1) is 9.56. The number of carbonyl (C=O) groups excluding carboxylic acids is 1. The summed E-state index contributed by atoms with van der Waals surface area (Å²) in [5.41, 5.74) is 0.293. The van der Waals surface area contributed by atoms with E-state index in [1.807, 2.05) is 6.92 Å². The Morgan fingerprint density at radius 2 is 2.40 bits per heavy atom. The molecule has 6 heteroatoms. The lowest BCUT2D eigenvalue weighted by Gasteiger charge is -2.15. The van der Waals surface area contributed by atoms with Gasteiger partial charge in [-0.1, -0.05) is 6.92 Å². The highest BCUT2D eigenvalue weighted by molar-refractivity contribution is 5.93. The van der Waals surface area contributed by atoms with Gasteiger partial charge in [-0.15, -0.1) is 12.3 Å². The van der Waals surface area contributed by atoms with Crippen LogP contribution in [0.5, 0.6) is 0 Å². The first-order valence-electron chi connectivity index (χ1n) is 6.67. The molecule has 0 aliphatic heterocycles. The lowest BCUT2D eigenvalue weighted by molar-refractivity contribution is -0.384. The van der Waals surface area contributed by atoms with E-state index in [1.54, 1.807) is 4.57 Å². The highest BCUT2D eigenvalue weighted by Gasteiger charge is 2.30. The van der Waals surface area contributed by atoms with Gasteiger partial charge >= 0.3 is 0 Å². The molecule has 1 atom stereocenters. The largest absolute Gasteiger partial charge is 0.347 e. The molecule has 20 heavy (non-hydrogen) atoms. The molecule has 0 radical (unpaired) electrons. The molecule has 1 aliphatic carbocycles. The number of aromatic nitrogens is 1. The molecule has 1 aromatic rings. The predicted molar refractivity (Wildman–Crippen MR) is 74.4 cm³/mol. The van der Waals surface area contributed by atoms with Gasteiger partial charge in [0.1, 0.15) is 5.69 Å². The Hall–Kier alpha value is -2.29. The van der Waals surface area contributed by atoms with Gasteiger partial charge in [-0.2, -0.15) is 0 Å². The molecular weight excluding hydrogens is 258 g/mol. The minimum absolute atomic E-state index is 0.0490. The van der Waals surface area contributed by atoms with Crippen molar-refractivity contribution in [2.75, 3.05) is 0 Å². The standard InChI is InChI=1S/C14H17N3O3/c1-3-5-10(4-2)15-14(18)13-8-12(17(19)20)9-16(13)11-6-7-11/h1,8-11H,4-7H2,2H3,(H,15,18). The SMILES string of the molecule is C#CCC(CC)NC(=O)c1cc([N+](=O)[O-])cn1C1CC1. The van der Waals surface area contributed by atoms with E-state index in [0.29, 0.717) is 12.1 Å². The van der Waals surface area contributed by atoms with Crippen LogP contribution < -0.4 is 5.32 Å². The van der Waals surface area contributed by atoms with E-state index in [0.717, 1.165) is 19.3 Å². The Morgan fingerprint density at radius 3 is 2.90 bits per heavy atom. The zero-order valence-corrected chi connectivity index (χ0v) is 11.3. The van der Waals surface area contributed by atoms with E-state index >= 15 is 0 Å². The molecule has 1 aliphatic rings. The average molecular weight is 275 g/mol. The van der Waals surface area contributed by atoms with Crippen LogP contribution in [0, 0.1) is 22.5 Å². The molecule has 1 unspecified atom stereocenters. The van der Waals surface area contributed by atoms with Crippen molar-refractivity contribution in [2.24, 2.45) is 0 Å². The Bertz CT molecular complexity index is 567. The second kappa shape index (κ2) is 5.78. The zero-order valence-electron chi connectivity index (χ0n) is 11.3. The molecule has 6 nitrogen and oxygen atoms in total. The van der Waals surface area contributed by atoms with Crippen LogP contribution in [0.25, 0.3) is 0 Å². The molecule has 1 heterocycles. The molecule has 0 bridgehead atoms. The fourth-order valence-corrected chi connectivity index (χ4v) is 2.10. The third-order valence-corrected chi connectivity index (χ3v) is 3.41. The fourth-order valence-electron chi connectivity index (χ4n) is 2.10. The van der Waals surface area contributed by atoms with Crippen molar-refractivity contribution in [3.63, 3.8) is 0 Å². The van der Waals surface area contributed by atoms with Crippen molar-refractivity contribution in [1.82, 2.24) is 9.88 Å². The summed E-state index contributed by atoms with van der Waals surface area (Å²) in [5.74, 6) is 2.22. The van der Waals surface area contributed by atoms with Crippen molar-refractivity contribution in [1.29, 1.82) is 0 Å². The van der Waals surface area contributed by atoms with E-state index in [4.69, 9.17) is 6.42 Å². The highest BCUT2D eigenvalue weighted by Crippen LogP contribution is 2.37. The van der Waals surface area contributed by atoms with Crippen molar-refractivity contribution in [3.05, 3.63) is 28.1 Å². The Morgan fingerprint density at radius 1 is 1.70 bits per heavy atom. The number of hydrogen-bond donors (Lipinski definition) is 1. The zero-order chi connectivity index (χ0) is 14.7. The number of terminal acetylenes is 1. The Kier molecular flexibility index (Phi) is 4.08. The Balaban J connectivity index is 2.20. The van der Waals surface area contributed by atoms with Gasteiger partial charge in [0.05, 0.1) is 11.1 Å². The molecule has 1 saturated carbocycles. The number of nitrogens with zero attached hydrogens (tertiary/aromatic N) is 2. The maximum atomic E-state index is 12.3. The Labute approximate surface area is 117 Å². The van der Waals surface area contributed by atoms with Crippen LogP contribution in [0.15, 0.2) is 12.3 Å². The van der Waals surface area contributed by atoms with Crippen LogP contribution in [0.4, 0.5) is 5.69 Å². The van der Waals surface area contributed by atoms with Crippen LogP contribution >= 0.6 is 0 Å². The van der Waals surface area contributed by atoms with Gasteiger partial charge in [0, 0.05) is 24.6 Å². The quantitative estimate of drug-likeness (QED) is 0.491. The maximum Gasteiger partial charge on any atom is 0.287 e. The number of rotatable bonds is 6. The van der Waals surface area contributed by atoms with Gasteiger partial charge in [0.25, 0.3) is 11.6 Å². The summed E-state index contributed by atoms with van der Waals surface area (Å²) < 4.78 is 1.70. The smallest absolute Gasteiger partial charge is 0.287 e. The van der Waals surface area contributed by atoms with E-state index < -0.39 is 4.92 Å². The summed E-state index contributed by atoms with van der Waals surface area (Å²) in [6, 6.07) is 1.43. The first-order valence-corrected chi connectivity index (χ1v) is 6.67. The van der Waals surface area contributed by atoms with Crippen LogP contribution in [0.2, 0.25) is 0 Å². The number of amides is 1. The highest BCUT2D eigenvalue weighted by atomic mass is 16.6. The van der Waals surface area contributed by atoms with E-state index in [2.05, 4.69) is 11.2 Å². The topological polar surface area (TPSA) is 77.2 Å². The van der Waals surface area contributed by atoms with Crippen LogP contribution in [0.1, 0.15) is 49.1 Å². The molecule has 106 valence electrons. The van der Waals surface area contributed by atoms with Gasteiger partial charge in [-0.05, 0) is 19.3 Å². The van der Waals surface area contributed by atoms with Crippen LogP contribution in [-0.2, 0) is 0 Å². The summed E-state index contributed by atoms with van der Waals surface area (Å²) in [6.45, 7) is 1.94. The molecule has 1 fully saturated rings. The van der Waals surface area contributed by atoms with E-state index in [1.165, 1.54) is 12.3 Å². The third kappa shape index (κ3) is 2.99. The van der Waals surface area contributed by atoms with E-state index in [-0.39, 0.29) is 23.7 Å². The molecule has 0 aromatic carbocycles. The third-order valence-electron chi connectivity index (χ3n) is 3.41. The monoisotopic (exact) mass is 275 g/mol. The normalized spacial score (nSPS) is 15.4. The molecular formula is C14H17N3O3. The summed E-state index contributed by atoms with van der Waals surface area (Å²) >= 11 is 0. The fraction of sp³-hybridized carbons (Fsp3) is 0.500. The van der Waals surface area contributed by atoms with Crippen LogP contribution in [0.3, 0.4) is 0 Å². The summed E-state index contributed by atoms with van der Waals surface area (Å²) in [6.07, 6.45) is 9.78. The minimum atomic E-state index is -0.478. The van der Waals surface area contributed by atoms with Gasteiger partial charge in [-0.25, -0.2) is 0 Å². The van der Waals surface area contributed by atoms with Crippen LogP contribution in [-0.4, -0.2) is 21.4 Å². The van der Waals surface area contributed by atoms with Gasteiger partial charge in [0.15, 0.2) is 0 Å². The second-order valence-corrected chi connectivity index (χ2v) is 4.97. The first kappa shape index (κ1) is 14.1. The maximum absolute atomic E-state index is 12.3. The number of carbonyl (C=O) groups is 1. The van der Waals surface area contributed by atoms with Gasteiger partial charge in [0.2, 0.25) is 0 Å². The lowest BCUT2D eigenvalue weighted by atomic mass is 10.1. The van der Waals surface area contributed by atoms with E-state index in [9.17, 15) is 14.9 Å². The van der Waals surface area contributed by atoms with Gasteiger partial charge in [-0.3, -0.25) is 14.9 Å². The minimum Gasteiger partial charge on any atom is -0.347 e. The van der Waals surface area contributed by atoms with Gasteiger partial charge < -0.3 is 9.88 Å². The summed E-state index contributed by atoms with van der Waals surface area (Å²) in [4.78, 5) is 22.6. The predicted octanol–water partition coefficient (Wildman–Crippen LogP) is 2.26. The lowest BCUT2D eigenvalue weighted by Crippen LogP contribution is -2.35.